The van der Waals surface area contributed by atoms with E-state index in [2.05, 4.69) is 10.2 Å². The Morgan fingerprint density at radius 2 is 1.96 bits per heavy atom. The van der Waals surface area contributed by atoms with Crippen LogP contribution in [0.15, 0.2) is 24.3 Å². The number of aromatic hydroxyl groups is 1. The molecule has 0 aliphatic carbocycles. The maximum atomic E-state index is 12.7. The van der Waals surface area contributed by atoms with Gasteiger partial charge in [0.05, 0.1) is 12.2 Å². The maximum absolute atomic E-state index is 12.7. The van der Waals surface area contributed by atoms with Gasteiger partial charge < -0.3 is 25.0 Å². The molecule has 152 valence electrons. The quantitative estimate of drug-likeness (QED) is 0.803. The van der Waals surface area contributed by atoms with Crippen molar-refractivity contribution in [2.45, 2.75) is 43.7 Å². The lowest BCUT2D eigenvalue weighted by molar-refractivity contribution is -0.161. The van der Waals surface area contributed by atoms with E-state index >= 15 is 0 Å². The van der Waals surface area contributed by atoms with E-state index in [1.54, 1.807) is 12.1 Å². The van der Waals surface area contributed by atoms with E-state index in [-0.39, 0.29) is 23.5 Å². The van der Waals surface area contributed by atoms with Crippen molar-refractivity contribution in [2.75, 3.05) is 39.3 Å². The molecule has 3 heterocycles. The molecule has 1 aromatic rings. The van der Waals surface area contributed by atoms with E-state index in [4.69, 9.17) is 4.74 Å². The summed E-state index contributed by atoms with van der Waals surface area (Å²) < 4.78 is 6.16. The number of benzene rings is 1. The third-order valence-electron chi connectivity index (χ3n) is 6.27. The standard InChI is InChI=1S/C21H29N3O4/c25-17-3-1-16(2-4-17)7-10-23-11-8-21(9-12-23)15-24(13-14-28-21)20(27)18-5-6-19(26)22-18/h1-4,18,25H,5-15H2,(H,22,26). The Balaban J connectivity index is 1.27. The number of rotatable bonds is 4. The van der Waals surface area contributed by atoms with E-state index in [0.717, 1.165) is 38.9 Å². The van der Waals surface area contributed by atoms with E-state index in [9.17, 15) is 14.7 Å². The number of ether oxygens (including phenoxy) is 1. The zero-order chi connectivity index (χ0) is 19.6. The van der Waals surface area contributed by atoms with Crippen molar-refractivity contribution in [3.63, 3.8) is 0 Å². The van der Waals surface area contributed by atoms with Gasteiger partial charge >= 0.3 is 0 Å². The molecule has 28 heavy (non-hydrogen) atoms. The summed E-state index contributed by atoms with van der Waals surface area (Å²) in [5, 5.41) is 12.2. The number of phenolic OH excluding ortho intramolecular Hbond substituents is 1. The van der Waals surface area contributed by atoms with E-state index in [1.807, 2.05) is 17.0 Å². The van der Waals surface area contributed by atoms with Crippen LogP contribution in [0, 0.1) is 0 Å². The molecule has 3 fully saturated rings. The number of hydrogen-bond acceptors (Lipinski definition) is 5. The number of hydrogen-bond donors (Lipinski definition) is 2. The van der Waals surface area contributed by atoms with Crippen LogP contribution < -0.4 is 5.32 Å². The minimum atomic E-state index is -0.354. The molecule has 0 bridgehead atoms. The number of amides is 2. The minimum absolute atomic E-state index is 0.0248. The highest BCUT2D eigenvalue weighted by Gasteiger charge is 2.42. The van der Waals surface area contributed by atoms with Crippen LogP contribution in [-0.4, -0.2) is 77.7 Å². The van der Waals surface area contributed by atoms with Crippen LogP contribution >= 0.6 is 0 Å². The van der Waals surface area contributed by atoms with Crippen molar-refractivity contribution < 1.29 is 19.4 Å². The van der Waals surface area contributed by atoms with Crippen LogP contribution in [0.5, 0.6) is 5.75 Å². The molecule has 2 amide bonds. The van der Waals surface area contributed by atoms with Gasteiger partial charge in [0.2, 0.25) is 11.8 Å². The number of morpholine rings is 1. The van der Waals surface area contributed by atoms with Gasteiger partial charge in [-0.05, 0) is 43.4 Å². The SMILES string of the molecule is O=C1CCC(C(=O)N2CCOC3(CCN(CCc4ccc(O)cc4)CC3)C2)N1. The summed E-state index contributed by atoms with van der Waals surface area (Å²) in [6.07, 6.45) is 3.85. The van der Waals surface area contributed by atoms with Gasteiger partial charge in [-0.15, -0.1) is 0 Å². The molecule has 1 atom stereocenters. The summed E-state index contributed by atoms with van der Waals surface area (Å²) >= 11 is 0. The molecule has 4 rings (SSSR count). The van der Waals surface area contributed by atoms with Gasteiger partial charge in [0.15, 0.2) is 0 Å². The number of likely N-dealkylation sites (tertiary alicyclic amines) is 1. The van der Waals surface area contributed by atoms with Crippen molar-refractivity contribution in [3.8, 4) is 5.75 Å². The predicted octanol–water partition coefficient (Wildman–Crippen LogP) is 0.907. The zero-order valence-corrected chi connectivity index (χ0v) is 16.2. The number of piperidine rings is 1. The summed E-state index contributed by atoms with van der Waals surface area (Å²) in [6, 6.07) is 7.05. The topological polar surface area (TPSA) is 82.1 Å². The molecule has 1 aromatic carbocycles. The second-order valence-electron chi connectivity index (χ2n) is 8.21. The van der Waals surface area contributed by atoms with Crippen LogP contribution in [0.1, 0.15) is 31.2 Å². The van der Waals surface area contributed by atoms with Gasteiger partial charge in [-0.2, -0.15) is 0 Å². The molecule has 0 saturated carbocycles. The third-order valence-corrected chi connectivity index (χ3v) is 6.27. The molecule has 0 aromatic heterocycles. The van der Waals surface area contributed by atoms with Gasteiger partial charge in [0.1, 0.15) is 11.8 Å². The molecular formula is C21H29N3O4. The van der Waals surface area contributed by atoms with Crippen molar-refractivity contribution in [1.82, 2.24) is 15.1 Å². The highest BCUT2D eigenvalue weighted by Crippen LogP contribution is 2.31. The highest BCUT2D eigenvalue weighted by atomic mass is 16.5. The number of carbonyl (C=O) groups excluding carboxylic acids is 2. The first-order valence-electron chi connectivity index (χ1n) is 10.3. The maximum Gasteiger partial charge on any atom is 0.245 e. The Hall–Kier alpha value is -2.12. The van der Waals surface area contributed by atoms with Gasteiger partial charge in [0.25, 0.3) is 0 Å². The molecule has 2 N–H and O–H groups in total. The second-order valence-corrected chi connectivity index (χ2v) is 8.21. The molecule has 3 aliphatic rings. The fraction of sp³-hybridized carbons (Fsp3) is 0.619. The van der Waals surface area contributed by atoms with Crippen molar-refractivity contribution in [3.05, 3.63) is 29.8 Å². The molecule has 0 radical (unpaired) electrons. The van der Waals surface area contributed by atoms with Gasteiger partial charge in [0, 0.05) is 39.1 Å². The molecular weight excluding hydrogens is 358 g/mol. The Labute approximate surface area is 165 Å². The van der Waals surface area contributed by atoms with Crippen molar-refractivity contribution in [2.24, 2.45) is 0 Å². The normalized spacial score (nSPS) is 25.1. The zero-order valence-electron chi connectivity index (χ0n) is 16.2. The third kappa shape index (κ3) is 4.31. The van der Waals surface area contributed by atoms with E-state index in [0.29, 0.717) is 38.3 Å². The number of carbonyl (C=O) groups is 2. The second kappa shape index (κ2) is 8.09. The number of phenols is 1. The smallest absolute Gasteiger partial charge is 0.245 e. The monoisotopic (exact) mass is 387 g/mol. The molecule has 7 heteroatoms. The Morgan fingerprint density at radius 3 is 2.64 bits per heavy atom. The fourth-order valence-corrected chi connectivity index (χ4v) is 4.49. The van der Waals surface area contributed by atoms with Crippen molar-refractivity contribution in [1.29, 1.82) is 0 Å². The van der Waals surface area contributed by atoms with Crippen LogP contribution in [-0.2, 0) is 20.7 Å². The number of nitrogens with zero attached hydrogens (tertiary/aromatic N) is 2. The average molecular weight is 387 g/mol. The number of nitrogens with one attached hydrogen (secondary N) is 1. The summed E-state index contributed by atoms with van der Waals surface area (Å²) in [4.78, 5) is 28.5. The average Bonchev–Trinajstić information content (AvgIpc) is 3.15. The van der Waals surface area contributed by atoms with Gasteiger partial charge in [-0.25, -0.2) is 0 Å². The summed E-state index contributed by atoms with van der Waals surface area (Å²) in [7, 11) is 0. The predicted molar refractivity (Wildman–Crippen MR) is 104 cm³/mol. The molecule has 3 aliphatic heterocycles. The first kappa shape index (κ1) is 19.2. The fourth-order valence-electron chi connectivity index (χ4n) is 4.49. The van der Waals surface area contributed by atoms with Crippen LogP contribution in [0.4, 0.5) is 0 Å². The van der Waals surface area contributed by atoms with Crippen LogP contribution in [0.3, 0.4) is 0 Å². The van der Waals surface area contributed by atoms with E-state index < -0.39 is 0 Å². The van der Waals surface area contributed by atoms with Crippen LogP contribution in [0.2, 0.25) is 0 Å². The summed E-state index contributed by atoms with van der Waals surface area (Å²) in [6.45, 7) is 4.71. The van der Waals surface area contributed by atoms with Gasteiger partial charge in [-0.1, -0.05) is 12.1 Å². The first-order chi connectivity index (χ1) is 13.5. The molecule has 3 saturated heterocycles. The van der Waals surface area contributed by atoms with E-state index in [1.165, 1.54) is 5.56 Å². The lowest BCUT2D eigenvalue weighted by atomic mass is 9.89. The lowest BCUT2D eigenvalue weighted by Gasteiger charge is -2.47. The van der Waals surface area contributed by atoms with Crippen LogP contribution in [0.25, 0.3) is 0 Å². The largest absolute Gasteiger partial charge is 0.508 e. The lowest BCUT2D eigenvalue weighted by Crippen LogP contribution is -2.60. The Morgan fingerprint density at radius 1 is 1.21 bits per heavy atom. The van der Waals surface area contributed by atoms with Gasteiger partial charge in [-0.3, -0.25) is 9.59 Å². The molecule has 1 unspecified atom stereocenters. The molecule has 7 nitrogen and oxygen atoms in total. The summed E-state index contributed by atoms with van der Waals surface area (Å²) in [5.74, 6) is 0.320. The Bertz CT molecular complexity index is 713. The highest BCUT2D eigenvalue weighted by molar-refractivity contribution is 5.90. The minimum Gasteiger partial charge on any atom is -0.508 e. The molecule has 1 spiro atoms. The van der Waals surface area contributed by atoms with Crippen molar-refractivity contribution >= 4 is 11.8 Å². The Kier molecular flexibility index (Phi) is 5.55. The summed E-state index contributed by atoms with van der Waals surface area (Å²) in [5.41, 5.74) is 0.980. The first-order valence-corrected chi connectivity index (χ1v) is 10.3.